The van der Waals surface area contributed by atoms with Crippen molar-refractivity contribution >= 4 is 35.0 Å². The van der Waals surface area contributed by atoms with Crippen molar-refractivity contribution in [2.45, 2.75) is 9.79 Å². The Bertz CT molecular complexity index is 298. The molecule has 4 heteroatoms. The highest BCUT2D eigenvalue weighted by Gasteiger charge is 2.05. The second-order valence-corrected chi connectivity index (χ2v) is 4.25. The quantitative estimate of drug-likeness (QED) is 0.699. The summed E-state index contributed by atoms with van der Waals surface area (Å²) in [5.41, 5.74) is 0. The molecule has 0 fully saturated rings. The fraction of sp³-hybridized carbons (Fsp3) is 0.143. The summed E-state index contributed by atoms with van der Waals surface area (Å²) in [7, 11) is -1.03. The minimum Gasteiger partial charge on any atom is -0.255 e. The van der Waals surface area contributed by atoms with Gasteiger partial charge in [-0.15, -0.1) is 12.6 Å². The summed E-state index contributed by atoms with van der Waals surface area (Å²) in [6.45, 7) is 0. The van der Waals surface area contributed by atoms with Gasteiger partial charge in [-0.3, -0.25) is 4.21 Å². The Morgan fingerprint density at radius 3 is 2.64 bits per heavy atom. The Balaban J connectivity index is 3.27. The molecule has 0 amide bonds. The molecule has 0 heterocycles. The van der Waals surface area contributed by atoms with E-state index in [1.165, 1.54) is 0 Å². The molecule has 1 atom stereocenters. The Morgan fingerprint density at radius 2 is 2.18 bits per heavy atom. The van der Waals surface area contributed by atoms with E-state index in [2.05, 4.69) is 12.6 Å². The Kier molecular flexibility index (Phi) is 2.98. The van der Waals surface area contributed by atoms with Crippen LogP contribution in [0.5, 0.6) is 0 Å². The molecule has 0 aliphatic carbocycles. The first-order valence-electron chi connectivity index (χ1n) is 2.94. The van der Waals surface area contributed by atoms with Gasteiger partial charge < -0.3 is 0 Å². The van der Waals surface area contributed by atoms with Gasteiger partial charge in [0.25, 0.3) is 0 Å². The minimum absolute atomic E-state index is 0.483. The maximum Gasteiger partial charge on any atom is 0.0700 e. The minimum atomic E-state index is -1.03. The highest BCUT2D eigenvalue weighted by Crippen LogP contribution is 2.25. The lowest BCUT2D eigenvalue weighted by Crippen LogP contribution is -1.88. The van der Waals surface area contributed by atoms with Crippen LogP contribution < -0.4 is 0 Å². The molecule has 0 N–H and O–H groups in total. The van der Waals surface area contributed by atoms with Crippen molar-refractivity contribution in [1.29, 1.82) is 0 Å². The first-order chi connectivity index (χ1) is 5.13. The Hall–Kier alpha value is 0.01000. The number of hydrogen-bond acceptors (Lipinski definition) is 2. The van der Waals surface area contributed by atoms with Crippen molar-refractivity contribution in [3.05, 3.63) is 23.2 Å². The molecule has 0 saturated heterocycles. The molecule has 60 valence electrons. The van der Waals surface area contributed by atoms with Crippen LogP contribution in [0.2, 0.25) is 5.02 Å². The molecular formula is C7H7ClOS2. The maximum absolute atomic E-state index is 11.0. The molecule has 0 aromatic heterocycles. The van der Waals surface area contributed by atoms with Crippen LogP contribution in [-0.4, -0.2) is 10.5 Å². The number of rotatable bonds is 1. The van der Waals surface area contributed by atoms with Gasteiger partial charge in [0.05, 0.1) is 20.7 Å². The molecule has 1 aromatic carbocycles. The van der Waals surface area contributed by atoms with Gasteiger partial charge in [0.2, 0.25) is 0 Å². The number of halogens is 1. The summed E-state index contributed by atoms with van der Waals surface area (Å²) in [5, 5.41) is 0.483. The van der Waals surface area contributed by atoms with Crippen molar-refractivity contribution in [1.82, 2.24) is 0 Å². The van der Waals surface area contributed by atoms with Gasteiger partial charge in [-0.2, -0.15) is 0 Å². The summed E-state index contributed by atoms with van der Waals surface area (Å²) in [6.07, 6.45) is 1.59. The predicted octanol–water partition coefficient (Wildman–Crippen LogP) is 2.37. The molecular weight excluding hydrogens is 200 g/mol. The maximum atomic E-state index is 11.0. The fourth-order valence-electron chi connectivity index (χ4n) is 0.721. The molecule has 1 rings (SSSR count). The fourth-order valence-corrected chi connectivity index (χ4v) is 2.09. The SMILES string of the molecule is CS(=O)c1cccc(S)c1Cl. The molecule has 0 aliphatic heterocycles. The summed E-state index contributed by atoms with van der Waals surface area (Å²) < 4.78 is 11.0. The van der Waals surface area contributed by atoms with Gasteiger partial charge in [-0.25, -0.2) is 0 Å². The van der Waals surface area contributed by atoms with Crippen LogP contribution in [0.1, 0.15) is 0 Å². The van der Waals surface area contributed by atoms with Gasteiger partial charge in [-0.05, 0) is 12.1 Å². The lowest BCUT2D eigenvalue weighted by atomic mass is 10.4. The first kappa shape index (κ1) is 9.10. The van der Waals surface area contributed by atoms with Crippen molar-refractivity contribution < 1.29 is 4.21 Å². The van der Waals surface area contributed by atoms with Gasteiger partial charge in [-0.1, -0.05) is 17.7 Å². The first-order valence-corrected chi connectivity index (χ1v) is 5.32. The van der Waals surface area contributed by atoms with Crippen molar-refractivity contribution in [2.24, 2.45) is 0 Å². The standard InChI is InChI=1S/C7H7ClOS2/c1-11(9)6-4-2-3-5(10)7(6)8/h2-4,10H,1H3. The number of benzene rings is 1. The van der Waals surface area contributed by atoms with E-state index in [4.69, 9.17) is 11.6 Å². The lowest BCUT2D eigenvalue weighted by Gasteiger charge is -2.01. The normalized spacial score (nSPS) is 13.0. The van der Waals surface area contributed by atoms with E-state index in [-0.39, 0.29) is 0 Å². The third-order valence-electron chi connectivity index (χ3n) is 1.25. The van der Waals surface area contributed by atoms with Crippen LogP contribution in [-0.2, 0) is 10.8 Å². The molecule has 0 radical (unpaired) electrons. The summed E-state index contributed by atoms with van der Waals surface area (Å²) in [5.74, 6) is 0. The van der Waals surface area contributed by atoms with Gasteiger partial charge >= 0.3 is 0 Å². The van der Waals surface area contributed by atoms with E-state index in [0.29, 0.717) is 14.8 Å². The Labute approximate surface area is 78.6 Å². The highest BCUT2D eigenvalue weighted by atomic mass is 35.5. The largest absolute Gasteiger partial charge is 0.255 e. The van der Waals surface area contributed by atoms with Crippen LogP contribution >= 0.6 is 24.2 Å². The van der Waals surface area contributed by atoms with Gasteiger partial charge in [0, 0.05) is 11.2 Å². The molecule has 1 unspecified atom stereocenters. The van der Waals surface area contributed by atoms with Gasteiger partial charge in [0.15, 0.2) is 0 Å². The van der Waals surface area contributed by atoms with Crippen LogP contribution in [0.15, 0.2) is 28.0 Å². The zero-order chi connectivity index (χ0) is 8.43. The zero-order valence-electron chi connectivity index (χ0n) is 5.87. The lowest BCUT2D eigenvalue weighted by molar-refractivity contribution is 0.686. The summed E-state index contributed by atoms with van der Waals surface area (Å²) in [4.78, 5) is 1.30. The molecule has 0 aliphatic rings. The third-order valence-corrected chi connectivity index (χ3v) is 3.24. The van der Waals surface area contributed by atoms with E-state index < -0.39 is 10.8 Å². The number of thiol groups is 1. The monoisotopic (exact) mass is 206 g/mol. The second-order valence-electron chi connectivity index (χ2n) is 2.04. The van der Waals surface area contributed by atoms with E-state index in [9.17, 15) is 4.21 Å². The van der Waals surface area contributed by atoms with Gasteiger partial charge in [0.1, 0.15) is 0 Å². The molecule has 0 saturated carbocycles. The third kappa shape index (κ3) is 1.98. The van der Waals surface area contributed by atoms with Crippen molar-refractivity contribution in [2.75, 3.05) is 6.26 Å². The highest BCUT2D eigenvalue weighted by molar-refractivity contribution is 7.84. The van der Waals surface area contributed by atoms with Crippen LogP contribution in [0.3, 0.4) is 0 Å². The van der Waals surface area contributed by atoms with Crippen LogP contribution in [0.4, 0.5) is 0 Å². The van der Waals surface area contributed by atoms with E-state index >= 15 is 0 Å². The van der Waals surface area contributed by atoms with E-state index in [1.807, 2.05) is 0 Å². The Morgan fingerprint density at radius 1 is 1.55 bits per heavy atom. The van der Waals surface area contributed by atoms with E-state index in [1.54, 1.807) is 24.5 Å². The predicted molar refractivity (Wildman–Crippen MR) is 51.0 cm³/mol. The topological polar surface area (TPSA) is 17.1 Å². The summed E-state index contributed by atoms with van der Waals surface area (Å²) in [6, 6.07) is 5.28. The number of hydrogen-bond donors (Lipinski definition) is 1. The van der Waals surface area contributed by atoms with E-state index in [0.717, 1.165) is 0 Å². The van der Waals surface area contributed by atoms with Crippen LogP contribution in [0.25, 0.3) is 0 Å². The molecule has 0 spiro atoms. The molecule has 1 aromatic rings. The molecule has 11 heavy (non-hydrogen) atoms. The molecule has 0 bridgehead atoms. The second kappa shape index (κ2) is 3.61. The summed E-state index contributed by atoms with van der Waals surface area (Å²) >= 11 is 9.91. The van der Waals surface area contributed by atoms with Crippen LogP contribution in [0, 0.1) is 0 Å². The molecule has 1 nitrogen and oxygen atoms in total. The van der Waals surface area contributed by atoms with Crippen molar-refractivity contribution in [3.63, 3.8) is 0 Å². The average Bonchev–Trinajstić information content (AvgIpc) is 1.94. The van der Waals surface area contributed by atoms with Crippen molar-refractivity contribution in [3.8, 4) is 0 Å². The zero-order valence-corrected chi connectivity index (χ0v) is 8.34. The average molecular weight is 207 g/mol. The smallest absolute Gasteiger partial charge is 0.0700 e.